The highest BCUT2D eigenvalue weighted by Gasteiger charge is 2.16. The lowest BCUT2D eigenvalue weighted by atomic mass is 10.0. The highest BCUT2D eigenvalue weighted by atomic mass is 32.2. The van der Waals surface area contributed by atoms with Gasteiger partial charge in [-0.05, 0) is 19.4 Å². The molecule has 0 fully saturated rings. The second-order valence-electron chi connectivity index (χ2n) is 4.52. The van der Waals surface area contributed by atoms with Crippen molar-refractivity contribution in [3.8, 4) is 5.75 Å². The molecule has 0 bridgehead atoms. The molecule has 0 heterocycles. The first kappa shape index (κ1) is 15.3. The number of nitrogens with two attached hydrogens (primary N) is 1. The van der Waals surface area contributed by atoms with Gasteiger partial charge in [0.05, 0.1) is 13.2 Å². The quantitative estimate of drug-likeness (QED) is 0.589. The van der Waals surface area contributed by atoms with Gasteiger partial charge in [-0.3, -0.25) is 11.3 Å². The average Bonchev–Trinajstić information content (AvgIpc) is 2.39. The van der Waals surface area contributed by atoms with Crippen LogP contribution in [0.1, 0.15) is 37.4 Å². The Labute approximate surface area is 114 Å². The van der Waals surface area contributed by atoms with E-state index in [4.69, 9.17) is 10.6 Å². The van der Waals surface area contributed by atoms with Crippen molar-refractivity contribution in [3.05, 3.63) is 29.3 Å². The van der Waals surface area contributed by atoms with Crippen molar-refractivity contribution in [1.29, 1.82) is 0 Å². The van der Waals surface area contributed by atoms with Crippen LogP contribution in [0, 0.1) is 6.92 Å². The minimum absolute atomic E-state index is 0.124. The number of methoxy groups -OCH3 is 1. The third-order valence-electron chi connectivity index (χ3n) is 3.08. The van der Waals surface area contributed by atoms with Crippen molar-refractivity contribution in [2.45, 2.75) is 38.5 Å². The Bertz CT molecular complexity index is 371. The van der Waals surface area contributed by atoms with Gasteiger partial charge in [-0.2, -0.15) is 11.8 Å². The molecule has 2 atom stereocenters. The fourth-order valence-electron chi connectivity index (χ4n) is 1.73. The van der Waals surface area contributed by atoms with E-state index in [-0.39, 0.29) is 6.04 Å². The highest BCUT2D eigenvalue weighted by molar-refractivity contribution is 7.99. The number of rotatable bonds is 7. The van der Waals surface area contributed by atoms with E-state index in [0.717, 1.165) is 17.1 Å². The number of hydrogen-bond donors (Lipinski definition) is 2. The summed E-state index contributed by atoms with van der Waals surface area (Å²) in [5.74, 6) is 7.53. The molecule has 0 aliphatic carbocycles. The largest absolute Gasteiger partial charge is 0.496 e. The topological polar surface area (TPSA) is 47.3 Å². The normalized spacial score (nSPS) is 14.3. The Balaban J connectivity index is 2.83. The second kappa shape index (κ2) is 7.67. The van der Waals surface area contributed by atoms with Crippen molar-refractivity contribution in [3.63, 3.8) is 0 Å². The molecule has 1 aromatic carbocycles. The molecule has 0 amide bonds. The van der Waals surface area contributed by atoms with Gasteiger partial charge in [-0.1, -0.05) is 31.5 Å². The molecule has 4 heteroatoms. The Kier molecular flexibility index (Phi) is 6.54. The molecule has 3 nitrogen and oxygen atoms in total. The molecule has 102 valence electrons. The van der Waals surface area contributed by atoms with Crippen molar-refractivity contribution in [2.75, 3.05) is 12.9 Å². The highest BCUT2D eigenvalue weighted by Crippen LogP contribution is 2.29. The molecule has 3 N–H and O–H groups in total. The van der Waals surface area contributed by atoms with Crippen molar-refractivity contribution < 1.29 is 4.74 Å². The zero-order chi connectivity index (χ0) is 13.5. The maximum Gasteiger partial charge on any atom is 0.123 e. The average molecular weight is 268 g/mol. The zero-order valence-corrected chi connectivity index (χ0v) is 12.5. The molecule has 2 unspecified atom stereocenters. The molecule has 0 saturated heterocycles. The van der Waals surface area contributed by atoms with E-state index in [0.29, 0.717) is 5.25 Å². The van der Waals surface area contributed by atoms with Gasteiger partial charge < -0.3 is 4.74 Å². The number of hydrazine groups is 1. The summed E-state index contributed by atoms with van der Waals surface area (Å²) in [7, 11) is 1.70. The molecular weight excluding hydrogens is 244 g/mol. The van der Waals surface area contributed by atoms with Crippen molar-refractivity contribution in [1.82, 2.24) is 5.43 Å². The smallest absolute Gasteiger partial charge is 0.123 e. The molecular formula is C14H24N2OS. The summed E-state index contributed by atoms with van der Waals surface area (Å²) in [6.45, 7) is 6.53. The van der Waals surface area contributed by atoms with Crippen LogP contribution < -0.4 is 16.0 Å². The van der Waals surface area contributed by atoms with Gasteiger partial charge in [0.25, 0.3) is 0 Å². The number of ether oxygens (including phenoxy) is 1. The number of benzene rings is 1. The van der Waals surface area contributed by atoms with Crippen LogP contribution in [-0.2, 0) is 0 Å². The minimum atomic E-state index is 0.124. The molecule has 1 rings (SSSR count). The molecule has 18 heavy (non-hydrogen) atoms. The fraction of sp³-hybridized carbons (Fsp3) is 0.571. The summed E-state index contributed by atoms with van der Waals surface area (Å²) in [5.41, 5.74) is 5.26. The maximum absolute atomic E-state index is 5.69. The SMILES string of the molecule is CCC(C)SCC(NN)c1cc(C)ccc1OC. The fourth-order valence-corrected chi connectivity index (χ4v) is 2.76. The van der Waals surface area contributed by atoms with Gasteiger partial charge in [0, 0.05) is 16.6 Å². The molecule has 0 saturated carbocycles. The summed E-state index contributed by atoms with van der Waals surface area (Å²) < 4.78 is 5.41. The van der Waals surface area contributed by atoms with E-state index in [9.17, 15) is 0 Å². The summed E-state index contributed by atoms with van der Waals surface area (Å²) in [5, 5.41) is 0.650. The van der Waals surface area contributed by atoms with E-state index in [1.807, 2.05) is 17.8 Å². The van der Waals surface area contributed by atoms with Gasteiger partial charge in [0.2, 0.25) is 0 Å². The monoisotopic (exact) mass is 268 g/mol. The van der Waals surface area contributed by atoms with Crippen LogP contribution in [-0.4, -0.2) is 18.1 Å². The molecule has 0 aliphatic heterocycles. The third-order valence-corrected chi connectivity index (χ3v) is 4.51. The molecule has 0 radical (unpaired) electrons. The summed E-state index contributed by atoms with van der Waals surface area (Å²) in [4.78, 5) is 0. The van der Waals surface area contributed by atoms with Crippen LogP contribution in [0.5, 0.6) is 5.75 Å². The zero-order valence-electron chi connectivity index (χ0n) is 11.7. The third kappa shape index (κ3) is 4.19. The minimum Gasteiger partial charge on any atom is -0.496 e. The lowest BCUT2D eigenvalue weighted by Gasteiger charge is -2.20. The van der Waals surface area contributed by atoms with Crippen LogP contribution >= 0.6 is 11.8 Å². The summed E-state index contributed by atoms with van der Waals surface area (Å²) >= 11 is 1.93. The Hall–Kier alpha value is -0.710. The summed E-state index contributed by atoms with van der Waals surface area (Å²) in [6, 6.07) is 6.32. The molecule has 0 aliphatic rings. The molecule has 0 spiro atoms. The molecule has 0 aromatic heterocycles. The predicted molar refractivity (Wildman–Crippen MR) is 80.0 cm³/mol. The van der Waals surface area contributed by atoms with E-state index in [2.05, 4.69) is 38.3 Å². The Morgan fingerprint density at radius 2 is 2.17 bits per heavy atom. The first-order valence-corrected chi connectivity index (χ1v) is 7.39. The van der Waals surface area contributed by atoms with Crippen molar-refractivity contribution >= 4 is 11.8 Å². The Morgan fingerprint density at radius 3 is 2.72 bits per heavy atom. The Morgan fingerprint density at radius 1 is 1.44 bits per heavy atom. The lowest BCUT2D eigenvalue weighted by molar-refractivity contribution is 0.402. The van der Waals surface area contributed by atoms with Gasteiger partial charge in [0.15, 0.2) is 0 Å². The first-order chi connectivity index (χ1) is 8.62. The van der Waals surface area contributed by atoms with Crippen LogP contribution in [0.3, 0.4) is 0 Å². The van der Waals surface area contributed by atoms with E-state index < -0.39 is 0 Å². The summed E-state index contributed by atoms with van der Waals surface area (Å²) in [6.07, 6.45) is 1.17. The van der Waals surface area contributed by atoms with Gasteiger partial charge in [-0.15, -0.1) is 0 Å². The second-order valence-corrected chi connectivity index (χ2v) is 5.99. The van der Waals surface area contributed by atoms with Gasteiger partial charge in [-0.25, -0.2) is 0 Å². The maximum atomic E-state index is 5.69. The number of nitrogens with one attached hydrogen (secondary N) is 1. The first-order valence-electron chi connectivity index (χ1n) is 6.34. The van der Waals surface area contributed by atoms with Gasteiger partial charge >= 0.3 is 0 Å². The van der Waals surface area contributed by atoms with Crippen LogP contribution in [0.15, 0.2) is 18.2 Å². The number of hydrogen-bond acceptors (Lipinski definition) is 4. The van der Waals surface area contributed by atoms with Crippen LogP contribution in [0.4, 0.5) is 0 Å². The van der Waals surface area contributed by atoms with Crippen LogP contribution in [0.25, 0.3) is 0 Å². The molecule has 1 aromatic rings. The van der Waals surface area contributed by atoms with E-state index >= 15 is 0 Å². The number of thioether (sulfide) groups is 1. The standard InChI is InChI=1S/C14H24N2OS/c1-5-11(3)18-9-13(16-15)12-8-10(2)6-7-14(12)17-4/h6-8,11,13,16H,5,9,15H2,1-4H3. The number of aryl methyl sites for hydroxylation is 1. The lowest BCUT2D eigenvalue weighted by Crippen LogP contribution is -2.30. The van der Waals surface area contributed by atoms with Crippen molar-refractivity contribution in [2.24, 2.45) is 5.84 Å². The van der Waals surface area contributed by atoms with E-state index in [1.165, 1.54) is 12.0 Å². The van der Waals surface area contributed by atoms with Gasteiger partial charge in [0.1, 0.15) is 5.75 Å². The predicted octanol–water partition coefficient (Wildman–Crippen LogP) is 3.04. The van der Waals surface area contributed by atoms with E-state index in [1.54, 1.807) is 7.11 Å². The van der Waals surface area contributed by atoms with Crippen LogP contribution in [0.2, 0.25) is 0 Å².